The highest BCUT2D eigenvalue weighted by atomic mass is 35.5. The fraction of sp³-hybridized carbons (Fsp3) is 0.0952. The average Bonchev–Trinajstić information content (AvgIpc) is 3.12. The minimum absolute atomic E-state index is 0.193. The van der Waals surface area contributed by atoms with Gasteiger partial charge in [-0.25, -0.2) is 5.43 Å². The van der Waals surface area contributed by atoms with Crippen molar-refractivity contribution in [1.29, 1.82) is 0 Å². The first-order valence-corrected chi connectivity index (χ1v) is 9.37. The molecule has 8 heteroatoms. The van der Waals surface area contributed by atoms with Crippen LogP contribution in [-0.4, -0.2) is 17.5 Å². The molecule has 0 aliphatic heterocycles. The number of benzene rings is 2. The third-order valence-electron chi connectivity index (χ3n) is 4.03. The van der Waals surface area contributed by atoms with E-state index in [1.54, 1.807) is 62.4 Å². The second-order valence-electron chi connectivity index (χ2n) is 6.20. The number of anilines is 1. The SMILES string of the molecule is CC(=NNC(=O)c1ccc(C)o1)c1ccc(NC(=O)c2ccc(Cl)cc2Cl)cc1. The molecule has 29 heavy (non-hydrogen) atoms. The number of hydrogen-bond acceptors (Lipinski definition) is 4. The van der Waals surface area contributed by atoms with Crippen molar-refractivity contribution >= 4 is 46.4 Å². The molecule has 1 aromatic heterocycles. The third kappa shape index (κ3) is 5.25. The van der Waals surface area contributed by atoms with Crippen molar-refractivity contribution < 1.29 is 14.0 Å². The Morgan fingerprint density at radius 2 is 1.69 bits per heavy atom. The van der Waals surface area contributed by atoms with Crippen molar-refractivity contribution in [1.82, 2.24) is 5.43 Å². The molecule has 2 amide bonds. The second-order valence-corrected chi connectivity index (χ2v) is 7.05. The van der Waals surface area contributed by atoms with Gasteiger partial charge in [0.15, 0.2) is 5.76 Å². The minimum Gasteiger partial charge on any atom is -0.456 e. The molecule has 2 N–H and O–H groups in total. The van der Waals surface area contributed by atoms with Crippen LogP contribution in [0.2, 0.25) is 10.0 Å². The van der Waals surface area contributed by atoms with Crippen LogP contribution in [0.5, 0.6) is 0 Å². The fourth-order valence-corrected chi connectivity index (χ4v) is 2.97. The molecular weight excluding hydrogens is 413 g/mol. The van der Waals surface area contributed by atoms with Crippen LogP contribution in [0.3, 0.4) is 0 Å². The highest BCUT2D eigenvalue weighted by molar-refractivity contribution is 6.37. The van der Waals surface area contributed by atoms with Gasteiger partial charge in [-0.2, -0.15) is 5.10 Å². The third-order valence-corrected chi connectivity index (χ3v) is 4.57. The Balaban J connectivity index is 1.64. The van der Waals surface area contributed by atoms with Gasteiger partial charge in [-0.05, 0) is 61.9 Å². The molecule has 3 rings (SSSR count). The summed E-state index contributed by atoms with van der Waals surface area (Å²) in [4.78, 5) is 24.3. The van der Waals surface area contributed by atoms with Crippen LogP contribution in [-0.2, 0) is 0 Å². The van der Waals surface area contributed by atoms with Crippen molar-refractivity contribution in [3.8, 4) is 0 Å². The second kappa shape index (κ2) is 8.94. The van der Waals surface area contributed by atoms with Crippen molar-refractivity contribution in [3.63, 3.8) is 0 Å². The van der Waals surface area contributed by atoms with Crippen molar-refractivity contribution in [2.24, 2.45) is 5.10 Å². The van der Waals surface area contributed by atoms with E-state index in [0.29, 0.717) is 27.7 Å². The first-order chi connectivity index (χ1) is 13.8. The molecule has 0 saturated heterocycles. The quantitative estimate of drug-likeness (QED) is 0.426. The lowest BCUT2D eigenvalue weighted by atomic mass is 10.1. The summed E-state index contributed by atoms with van der Waals surface area (Å²) in [7, 11) is 0. The van der Waals surface area contributed by atoms with E-state index in [1.807, 2.05) is 0 Å². The van der Waals surface area contributed by atoms with Crippen LogP contribution < -0.4 is 10.7 Å². The molecule has 0 saturated carbocycles. The van der Waals surface area contributed by atoms with Gasteiger partial charge in [-0.15, -0.1) is 0 Å². The van der Waals surface area contributed by atoms with Gasteiger partial charge in [0, 0.05) is 10.7 Å². The molecule has 148 valence electrons. The standard InChI is InChI=1S/C21H17Cl2N3O3/c1-12-3-10-19(29-12)21(28)26-25-13(2)14-4-7-16(8-5-14)24-20(27)17-9-6-15(22)11-18(17)23/h3-11H,1-2H3,(H,24,27)(H,26,28). The van der Waals surface area contributed by atoms with E-state index in [0.717, 1.165) is 5.56 Å². The number of hydrogen-bond donors (Lipinski definition) is 2. The zero-order valence-electron chi connectivity index (χ0n) is 15.6. The zero-order valence-corrected chi connectivity index (χ0v) is 17.1. The average molecular weight is 430 g/mol. The Morgan fingerprint density at radius 1 is 0.966 bits per heavy atom. The summed E-state index contributed by atoms with van der Waals surface area (Å²) in [5.74, 6) is 0.0679. The topological polar surface area (TPSA) is 83.7 Å². The number of aryl methyl sites for hydroxylation is 1. The number of hydrazone groups is 1. The predicted octanol–water partition coefficient (Wildman–Crippen LogP) is 5.30. The zero-order chi connectivity index (χ0) is 21.0. The van der Waals surface area contributed by atoms with E-state index in [-0.39, 0.29) is 16.7 Å². The van der Waals surface area contributed by atoms with E-state index in [2.05, 4.69) is 15.8 Å². The summed E-state index contributed by atoms with van der Waals surface area (Å²) in [6.45, 7) is 3.52. The Hall–Kier alpha value is -3.09. The molecule has 0 fully saturated rings. The van der Waals surface area contributed by atoms with E-state index in [1.165, 1.54) is 6.07 Å². The molecule has 0 radical (unpaired) electrons. The molecule has 0 atom stereocenters. The van der Waals surface area contributed by atoms with Crippen molar-refractivity contribution in [3.05, 3.63) is 87.3 Å². The monoisotopic (exact) mass is 429 g/mol. The van der Waals surface area contributed by atoms with Gasteiger partial charge in [0.2, 0.25) is 0 Å². The van der Waals surface area contributed by atoms with Crippen LogP contribution in [0.25, 0.3) is 0 Å². The Labute approximate surface area is 177 Å². The van der Waals surface area contributed by atoms with Gasteiger partial charge in [-0.3, -0.25) is 9.59 Å². The maximum absolute atomic E-state index is 12.4. The molecule has 6 nitrogen and oxygen atoms in total. The molecule has 0 aliphatic rings. The van der Waals surface area contributed by atoms with Gasteiger partial charge in [-0.1, -0.05) is 35.3 Å². The molecule has 0 bridgehead atoms. The molecule has 0 spiro atoms. The predicted molar refractivity (Wildman–Crippen MR) is 114 cm³/mol. The summed E-state index contributed by atoms with van der Waals surface area (Å²) in [6, 6.07) is 15.0. The first-order valence-electron chi connectivity index (χ1n) is 8.61. The number of amides is 2. The summed E-state index contributed by atoms with van der Waals surface area (Å²) in [5, 5.41) is 7.58. The van der Waals surface area contributed by atoms with Gasteiger partial charge in [0.25, 0.3) is 5.91 Å². The number of carbonyl (C=O) groups excluding carboxylic acids is 2. The Bertz CT molecular complexity index is 1090. The maximum Gasteiger partial charge on any atom is 0.307 e. The van der Waals surface area contributed by atoms with Gasteiger partial charge in [0.05, 0.1) is 16.3 Å². The molecule has 1 heterocycles. The van der Waals surface area contributed by atoms with Crippen LogP contribution in [0.4, 0.5) is 5.69 Å². The van der Waals surface area contributed by atoms with E-state index < -0.39 is 5.91 Å². The van der Waals surface area contributed by atoms with Crippen LogP contribution in [0.15, 0.2) is 64.1 Å². The lowest BCUT2D eigenvalue weighted by Crippen LogP contribution is -2.18. The van der Waals surface area contributed by atoms with Crippen molar-refractivity contribution in [2.45, 2.75) is 13.8 Å². The van der Waals surface area contributed by atoms with E-state index in [4.69, 9.17) is 27.6 Å². The summed E-state index contributed by atoms with van der Waals surface area (Å²) >= 11 is 11.9. The molecule has 0 aliphatic carbocycles. The van der Waals surface area contributed by atoms with Crippen LogP contribution in [0.1, 0.15) is 39.2 Å². The molecule has 0 unspecified atom stereocenters. The minimum atomic E-state index is -0.429. The Morgan fingerprint density at radius 3 is 2.31 bits per heavy atom. The Kier molecular flexibility index (Phi) is 6.36. The summed E-state index contributed by atoms with van der Waals surface area (Å²) in [5.41, 5.74) is 4.75. The summed E-state index contributed by atoms with van der Waals surface area (Å²) in [6.07, 6.45) is 0. The lowest BCUT2D eigenvalue weighted by Gasteiger charge is -2.08. The number of rotatable bonds is 5. The van der Waals surface area contributed by atoms with Crippen molar-refractivity contribution in [2.75, 3.05) is 5.32 Å². The highest BCUT2D eigenvalue weighted by Gasteiger charge is 2.12. The molecular formula is C21H17Cl2N3O3. The normalized spacial score (nSPS) is 11.2. The van der Waals surface area contributed by atoms with Gasteiger partial charge < -0.3 is 9.73 Å². The van der Waals surface area contributed by atoms with Crippen LogP contribution in [0, 0.1) is 6.92 Å². The summed E-state index contributed by atoms with van der Waals surface area (Å²) < 4.78 is 5.25. The number of nitrogens with zero attached hydrogens (tertiary/aromatic N) is 1. The number of carbonyl (C=O) groups is 2. The lowest BCUT2D eigenvalue weighted by molar-refractivity contribution is 0.0925. The highest BCUT2D eigenvalue weighted by Crippen LogP contribution is 2.22. The molecule has 3 aromatic rings. The van der Waals surface area contributed by atoms with E-state index in [9.17, 15) is 9.59 Å². The molecule has 2 aromatic carbocycles. The smallest absolute Gasteiger partial charge is 0.307 e. The first kappa shape index (κ1) is 20.6. The van der Waals surface area contributed by atoms with Gasteiger partial charge >= 0.3 is 5.91 Å². The fourth-order valence-electron chi connectivity index (χ4n) is 2.48. The largest absolute Gasteiger partial charge is 0.456 e. The van der Waals surface area contributed by atoms with Crippen LogP contribution >= 0.6 is 23.2 Å². The van der Waals surface area contributed by atoms with E-state index >= 15 is 0 Å². The number of halogens is 2. The van der Waals surface area contributed by atoms with Gasteiger partial charge in [0.1, 0.15) is 5.76 Å². The number of furan rings is 1. The number of nitrogens with one attached hydrogen (secondary N) is 2. The maximum atomic E-state index is 12.4.